The third-order valence-electron chi connectivity index (χ3n) is 4.27. The van der Waals surface area contributed by atoms with Gasteiger partial charge < -0.3 is 14.0 Å². The topological polar surface area (TPSA) is 63.9 Å². The van der Waals surface area contributed by atoms with Crippen molar-refractivity contribution in [2.75, 3.05) is 40.4 Å². The largest absolute Gasteiger partial charge is 0.497 e. The molecule has 0 unspecified atom stereocenters. The summed E-state index contributed by atoms with van der Waals surface area (Å²) >= 11 is 0. The number of rotatable bonds is 6. The van der Waals surface area contributed by atoms with E-state index in [2.05, 4.69) is 19.9 Å². The van der Waals surface area contributed by atoms with Crippen LogP contribution in [0.3, 0.4) is 0 Å². The van der Waals surface area contributed by atoms with Crippen LogP contribution in [-0.4, -0.2) is 60.3 Å². The summed E-state index contributed by atoms with van der Waals surface area (Å²) in [6.07, 6.45) is 0. The van der Waals surface area contributed by atoms with Gasteiger partial charge in [-0.15, -0.1) is 0 Å². The minimum absolute atomic E-state index is 0.689. The second-order valence-electron chi connectivity index (χ2n) is 5.97. The summed E-state index contributed by atoms with van der Waals surface area (Å²) in [7, 11) is 3.39. The number of methoxy groups -OCH3 is 2. The normalized spacial score (nSPS) is 16.3. The van der Waals surface area contributed by atoms with E-state index in [-0.39, 0.29) is 0 Å². The van der Waals surface area contributed by atoms with E-state index < -0.39 is 0 Å². The average Bonchev–Trinajstić information content (AvgIpc) is 3.01. The van der Waals surface area contributed by atoms with Crippen molar-refractivity contribution >= 4 is 0 Å². The van der Waals surface area contributed by atoms with E-state index in [1.807, 2.05) is 25.1 Å². The van der Waals surface area contributed by atoms with Crippen LogP contribution in [0.1, 0.15) is 17.3 Å². The molecule has 0 N–H and O–H groups in total. The molecule has 0 saturated carbocycles. The Kier molecular flexibility index (Phi) is 5.32. The summed E-state index contributed by atoms with van der Waals surface area (Å²) in [5.41, 5.74) is 1.15. The first kappa shape index (κ1) is 16.7. The minimum atomic E-state index is 0.689. The number of benzene rings is 1. The fourth-order valence-electron chi connectivity index (χ4n) is 2.95. The van der Waals surface area contributed by atoms with Gasteiger partial charge in [0, 0.05) is 38.3 Å². The molecule has 0 atom stereocenters. The molecule has 130 valence electrons. The molecule has 2 aromatic rings. The zero-order valence-electron chi connectivity index (χ0n) is 14.5. The van der Waals surface area contributed by atoms with E-state index in [0.29, 0.717) is 11.7 Å². The third kappa shape index (κ3) is 4.04. The molecule has 1 aromatic carbocycles. The minimum Gasteiger partial charge on any atom is -0.497 e. The van der Waals surface area contributed by atoms with E-state index in [1.54, 1.807) is 14.2 Å². The lowest BCUT2D eigenvalue weighted by Crippen LogP contribution is -2.45. The number of piperazine rings is 1. The Bertz CT molecular complexity index is 666. The molecule has 1 aliphatic heterocycles. The summed E-state index contributed by atoms with van der Waals surface area (Å²) in [5.74, 6) is 3.14. The lowest BCUT2D eigenvalue weighted by molar-refractivity contribution is 0.111. The Balaban J connectivity index is 1.55. The Morgan fingerprint density at radius 1 is 1.04 bits per heavy atom. The van der Waals surface area contributed by atoms with E-state index in [0.717, 1.165) is 56.3 Å². The van der Waals surface area contributed by atoms with Gasteiger partial charge in [-0.05, 0) is 25.1 Å². The van der Waals surface area contributed by atoms with Gasteiger partial charge in [0.15, 0.2) is 5.82 Å². The summed E-state index contributed by atoms with van der Waals surface area (Å²) in [5, 5.41) is 3.84. The Hall–Kier alpha value is -2.12. The van der Waals surface area contributed by atoms with Gasteiger partial charge >= 0.3 is 0 Å². The zero-order valence-corrected chi connectivity index (χ0v) is 14.5. The molecule has 1 aromatic heterocycles. The van der Waals surface area contributed by atoms with Crippen molar-refractivity contribution in [1.82, 2.24) is 19.9 Å². The number of nitrogens with zero attached hydrogens (tertiary/aromatic N) is 4. The fraction of sp³-hybridized carbons (Fsp3) is 0.529. The van der Waals surface area contributed by atoms with Crippen molar-refractivity contribution in [3.8, 4) is 11.5 Å². The molecule has 1 aliphatic rings. The van der Waals surface area contributed by atoms with E-state index >= 15 is 0 Å². The first-order valence-electron chi connectivity index (χ1n) is 8.12. The SMILES string of the molecule is COc1ccc(OC)c(CN2CCN(Cc3nc(C)no3)CC2)c1. The molecule has 7 heteroatoms. The summed E-state index contributed by atoms with van der Waals surface area (Å²) < 4.78 is 16.0. The van der Waals surface area contributed by atoms with E-state index in [1.165, 1.54) is 0 Å². The van der Waals surface area contributed by atoms with Gasteiger partial charge in [0.2, 0.25) is 5.89 Å². The van der Waals surface area contributed by atoms with E-state index in [9.17, 15) is 0 Å². The van der Waals surface area contributed by atoms with Gasteiger partial charge in [0.25, 0.3) is 0 Å². The Morgan fingerprint density at radius 3 is 2.33 bits per heavy atom. The molecular formula is C17H24N4O3. The third-order valence-corrected chi connectivity index (χ3v) is 4.27. The van der Waals surface area contributed by atoms with Gasteiger partial charge in [-0.25, -0.2) is 0 Å². The Morgan fingerprint density at radius 2 is 1.75 bits per heavy atom. The maximum Gasteiger partial charge on any atom is 0.240 e. The predicted octanol–water partition coefficient (Wildman–Crippen LogP) is 1.71. The number of hydrogen-bond donors (Lipinski definition) is 0. The molecule has 1 fully saturated rings. The number of hydrogen-bond acceptors (Lipinski definition) is 7. The van der Waals surface area contributed by atoms with Crippen molar-refractivity contribution in [3.63, 3.8) is 0 Å². The van der Waals surface area contributed by atoms with Crippen LogP contribution in [0.5, 0.6) is 11.5 Å². The zero-order chi connectivity index (χ0) is 16.9. The molecule has 3 rings (SSSR count). The monoisotopic (exact) mass is 332 g/mol. The first-order valence-corrected chi connectivity index (χ1v) is 8.12. The highest BCUT2D eigenvalue weighted by molar-refractivity contribution is 5.40. The van der Waals surface area contributed by atoms with Crippen LogP contribution in [0, 0.1) is 6.92 Å². The average molecular weight is 332 g/mol. The quantitative estimate of drug-likeness (QED) is 0.798. The molecule has 24 heavy (non-hydrogen) atoms. The number of ether oxygens (including phenoxy) is 2. The van der Waals surface area contributed by atoms with Crippen molar-refractivity contribution in [2.24, 2.45) is 0 Å². The van der Waals surface area contributed by atoms with Crippen LogP contribution in [-0.2, 0) is 13.1 Å². The van der Waals surface area contributed by atoms with Crippen LogP contribution in [0.4, 0.5) is 0 Å². The van der Waals surface area contributed by atoms with Crippen LogP contribution in [0.15, 0.2) is 22.7 Å². The fourth-order valence-corrected chi connectivity index (χ4v) is 2.95. The predicted molar refractivity (Wildman–Crippen MR) is 89.1 cm³/mol. The number of aryl methyl sites for hydroxylation is 1. The van der Waals surface area contributed by atoms with E-state index in [4.69, 9.17) is 14.0 Å². The molecule has 0 bridgehead atoms. The van der Waals surface area contributed by atoms with Crippen LogP contribution in [0.25, 0.3) is 0 Å². The molecule has 7 nitrogen and oxygen atoms in total. The smallest absolute Gasteiger partial charge is 0.240 e. The maximum absolute atomic E-state index is 5.47. The van der Waals surface area contributed by atoms with Crippen LogP contribution >= 0.6 is 0 Å². The molecule has 0 radical (unpaired) electrons. The summed E-state index contributed by atoms with van der Waals surface area (Å²) in [6, 6.07) is 5.93. The molecule has 1 saturated heterocycles. The van der Waals surface area contributed by atoms with Gasteiger partial charge in [-0.3, -0.25) is 9.80 Å². The Labute approximate surface area is 142 Å². The molecule has 0 amide bonds. The maximum atomic E-state index is 5.47. The highest BCUT2D eigenvalue weighted by Gasteiger charge is 2.20. The second-order valence-corrected chi connectivity index (χ2v) is 5.97. The highest BCUT2D eigenvalue weighted by Crippen LogP contribution is 2.25. The summed E-state index contributed by atoms with van der Waals surface area (Å²) in [4.78, 5) is 9.03. The first-order chi connectivity index (χ1) is 11.7. The van der Waals surface area contributed by atoms with Crippen molar-refractivity contribution < 1.29 is 14.0 Å². The van der Waals surface area contributed by atoms with Crippen LogP contribution in [0.2, 0.25) is 0 Å². The van der Waals surface area contributed by atoms with Gasteiger partial charge in [-0.1, -0.05) is 5.16 Å². The molecule has 0 aliphatic carbocycles. The highest BCUT2D eigenvalue weighted by atomic mass is 16.5. The molecule has 0 spiro atoms. The lowest BCUT2D eigenvalue weighted by Gasteiger charge is -2.34. The second kappa shape index (κ2) is 7.63. The van der Waals surface area contributed by atoms with Gasteiger partial charge in [0.05, 0.1) is 20.8 Å². The van der Waals surface area contributed by atoms with Crippen molar-refractivity contribution in [3.05, 3.63) is 35.5 Å². The lowest BCUT2D eigenvalue weighted by atomic mass is 10.1. The summed E-state index contributed by atoms with van der Waals surface area (Å²) in [6.45, 7) is 7.36. The van der Waals surface area contributed by atoms with Gasteiger partial charge in [0.1, 0.15) is 11.5 Å². The van der Waals surface area contributed by atoms with Gasteiger partial charge in [-0.2, -0.15) is 4.98 Å². The van der Waals surface area contributed by atoms with Crippen molar-refractivity contribution in [1.29, 1.82) is 0 Å². The molecular weight excluding hydrogens is 308 g/mol. The standard InChI is InChI=1S/C17H24N4O3/c1-13-18-17(24-19-13)12-21-8-6-20(7-9-21)11-14-10-15(22-2)4-5-16(14)23-3/h4-5,10H,6-9,11-12H2,1-3H3. The molecule has 2 heterocycles. The number of aromatic nitrogens is 2. The van der Waals surface area contributed by atoms with Crippen molar-refractivity contribution in [2.45, 2.75) is 20.0 Å². The van der Waals surface area contributed by atoms with Crippen LogP contribution < -0.4 is 9.47 Å².